The van der Waals surface area contributed by atoms with Gasteiger partial charge in [-0.05, 0) is 44.2 Å². The summed E-state index contributed by atoms with van der Waals surface area (Å²) in [6.45, 7) is 2.48. The molecule has 1 aliphatic heterocycles. The molecule has 3 rings (SSSR count). The van der Waals surface area contributed by atoms with E-state index in [1.165, 1.54) is 0 Å². The Bertz CT molecular complexity index is 575. The first-order valence-corrected chi connectivity index (χ1v) is 7.30. The molecule has 2 aliphatic rings. The van der Waals surface area contributed by atoms with Crippen LogP contribution in [-0.4, -0.2) is 29.3 Å². The van der Waals surface area contributed by atoms with Gasteiger partial charge in [-0.1, -0.05) is 18.2 Å². The van der Waals surface area contributed by atoms with Gasteiger partial charge < -0.3 is 9.84 Å². The molecule has 0 bridgehead atoms. The molecule has 1 aliphatic carbocycles. The molecule has 2 fully saturated rings. The average Bonchev–Trinajstić information content (AvgIpc) is 2.76. The number of anilines is 1. The molecule has 1 saturated carbocycles. The number of nitrogens with zero attached hydrogens (tertiary/aromatic N) is 1. The number of carboxylic acids is 1. The van der Waals surface area contributed by atoms with Gasteiger partial charge in [0.1, 0.15) is 5.60 Å². The lowest BCUT2D eigenvalue weighted by molar-refractivity contribution is -0.144. The first-order valence-electron chi connectivity index (χ1n) is 7.30. The fraction of sp³-hybridized carbons (Fsp3) is 0.500. The number of rotatable bonds is 2. The Morgan fingerprint density at radius 2 is 2.00 bits per heavy atom. The third-order valence-electron chi connectivity index (χ3n) is 4.62. The van der Waals surface area contributed by atoms with Crippen molar-refractivity contribution in [2.75, 3.05) is 11.4 Å². The SMILES string of the molecule is Cc1ccccc1N1CC2(CCC(C(=O)O)CC2)OC1=O. The zero-order valence-corrected chi connectivity index (χ0v) is 12.0. The molecule has 1 heterocycles. The van der Waals surface area contributed by atoms with E-state index >= 15 is 0 Å². The maximum absolute atomic E-state index is 12.2. The highest BCUT2D eigenvalue weighted by Crippen LogP contribution is 2.41. The molecule has 0 atom stereocenters. The Morgan fingerprint density at radius 3 is 2.62 bits per heavy atom. The summed E-state index contributed by atoms with van der Waals surface area (Å²) in [7, 11) is 0. The van der Waals surface area contributed by atoms with Crippen molar-refractivity contribution < 1.29 is 19.4 Å². The number of amides is 1. The smallest absolute Gasteiger partial charge is 0.415 e. The van der Waals surface area contributed by atoms with Crippen molar-refractivity contribution in [2.45, 2.75) is 38.2 Å². The molecule has 1 aromatic rings. The highest BCUT2D eigenvalue weighted by Gasteiger charge is 2.48. The fourth-order valence-corrected chi connectivity index (χ4v) is 3.33. The number of carboxylic acid groups (broad SMARTS) is 1. The van der Waals surface area contributed by atoms with Gasteiger partial charge in [0.2, 0.25) is 0 Å². The third kappa shape index (κ3) is 2.48. The van der Waals surface area contributed by atoms with Crippen LogP contribution in [0.2, 0.25) is 0 Å². The lowest BCUT2D eigenvalue weighted by Crippen LogP contribution is -2.40. The number of hydrogen-bond donors (Lipinski definition) is 1. The zero-order chi connectivity index (χ0) is 15.0. The molecule has 1 spiro atoms. The van der Waals surface area contributed by atoms with E-state index in [1.807, 2.05) is 31.2 Å². The number of aliphatic carboxylic acids is 1. The maximum atomic E-state index is 12.2. The number of hydrogen-bond acceptors (Lipinski definition) is 3. The van der Waals surface area contributed by atoms with Crippen molar-refractivity contribution in [3.05, 3.63) is 29.8 Å². The van der Waals surface area contributed by atoms with Crippen molar-refractivity contribution in [1.29, 1.82) is 0 Å². The van der Waals surface area contributed by atoms with E-state index < -0.39 is 11.6 Å². The van der Waals surface area contributed by atoms with Crippen molar-refractivity contribution in [2.24, 2.45) is 5.92 Å². The molecule has 1 amide bonds. The summed E-state index contributed by atoms with van der Waals surface area (Å²) in [6, 6.07) is 7.73. The van der Waals surface area contributed by atoms with Gasteiger partial charge in [-0.2, -0.15) is 0 Å². The standard InChI is InChI=1S/C16H19NO4/c1-11-4-2-3-5-13(11)17-10-16(21-15(17)20)8-6-12(7-9-16)14(18)19/h2-5,12H,6-10H2,1H3,(H,18,19). The minimum absolute atomic E-state index is 0.304. The van der Waals surface area contributed by atoms with Crippen molar-refractivity contribution in [3.63, 3.8) is 0 Å². The molecule has 5 heteroatoms. The molecule has 0 aromatic heterocycles. The van der Waals surface area contributed by atoms with Crippen LogP contribution in [0.15, 0.2) is 24.3 Å². The second-order valence-electron chi connectivity index (χ2n) is 6.04. The van der Waals surface area contributed by atoms with Crippen molar-refractivity contribution in [1.82, 2.24) is 0 Å². The molecule has 1 saturated heterocycles. The first kappa shape index (κ1) is 13.9. The van der Waals surface area contributed by atoms with Gasteiger partial charge in [0.15, 0.2) is 0 Å². The second kappa shape index (κ2) is 5.06. The molecule has 1 aromatic carbocycles. The number of carbonyl (C=O) groups excluding carboxylic acids is 1. The van der Waals surface area contributed by atoms with Crippen molar-refractivity contribution >= 4 is 17.7 Å². The molecule has 112 valence electrons. The Balaban J connectivity index is 1.77. The number of ether oxygens (including phenoxy) is 1. The van der Waals surface area contributed by atoms with Crippen LogP contribution in [-0.2, 0) is 9.53 Å². The quantitative estimate of drug-likeness (QED) is 0.909. The molecular formula is C16H19NO4. The van der Waals surface area contributed by atoms with E-state index in [2.05, 4.69) is 0 Å². The Labute approximate surface area is 123 Å². The van der Waals surface area contributed by atoms with Crippen LogP contribution in [0.5, 0.6) is 0 Å². The highest BCUT2D eigenvalue weighted by molar-refractivity contribution is 5.91. The first-order chi connectivity index (χ1) is 10.0. The van der Waals surface area contributed by atoms with E-state index in [1.54, 1.807) is 4.90 Å². The number of benzene rings is 1. The van der Waals surface area contributed by atoms with Crippen molar-refractivity contribution in [3.8, 4) is 0 Å². The normalized spacial score (nSPS) is 28.7. The minimum atomic E-state index is -0.745. The molecule has 0 radical (unpaired) electrons. The zero-order valence-electron chi connectivity index (χ0n) is 12.0. The number of para-hydroxylation sites is 1. The maximum Gasteiger partial charge on any atom is 0.415 e. The van der Waals surface area contributed by atoms with Crippen LogP contribution in [0.3, 0.4) is 0 Å². The summed E-state index contributed by atoms with van der Waals surface area (Å²) in [6.07, 6.45) is 2.07. The predicted octanol–water partition coefficient (Wildman–Crippen LogP) is 2.97. The van der Waals surface area contributed by atoms with E-state index in [0.717, 1.165) is 11.3 Å². The molecule has 1 N–H and O–H groups in total. The van der Waals surface area contributed by atoms with Crippen LogP contribution in [0.25, 0.3) is 0 Å². The fourth-order valence-electron chi connectivity index (χ4n) is 3.33. The van der Waals surface area contributed by atoms with Gasteiger partial charge in [-0.3, -0.25) is 9.69 Å². The largest absolute Gasteiger partial charge is 0.481 e. The van der Waals surface area contributed by atoms with Crippen LogP contribution in [0.4, 0.5) is 10.5 Å². The summed E-state index contributed by atoms with van der Waals surface area (Å²) in [5.74, 6) is -1.05. The van der Waals surface area contributed by atoms with Crippen LogP contribution < -0.4 is 4.90 Å². The molecular weight excluding hydrogens is 270 g/mol. The van der Waals surface area contributed by atoms with Crippen LogP contribution in [0, 0.1) is 12.8 Å². The summed E-state index contributed by atoms with van der Waals surface area (Å²) >= 11 is 0. The van der Waals surface area contributed by atoms with Gasteiger partial charge in [-0.25, -0.2) is 4.79 Å². The number of aryl methyl sites for hydroxylation is 1. The van der Waals surface area contributed by atoms with Gasteiger partial charge in [0.05, 0.1) is 18.2 Å². The Hall–Kier alpha value is -2.04. The van der Waals surface area contributed by atoms with Gasteiger partial charge >= 0.3 is 12.1 Å². The van der Waals surface area contributed by atoms with Gasteiger partial charge in [-0.15, -0.1) is 0 Å². The van der Waals surface area contributed by atoms with E-state index in [9.17, 15) is 9.59 Å². The number of carbonyl (C=O) groups is 2. The van der Waals surface area contributed by atoms with Crippen LogP contribution in [0.1, 0.15) is 31.2 Å². The summed E-state index contributed by atoms with van der Waals surface area (Å²) in [5.41, 5.74) is 1.40. The van der Waals surface area contributed by atoms with E-state index in [0.29, 0.717) is 32.2 Å². The summed E-state index contributed by atoms with van der Waals surface area (Å²) in [5, 5.41) is 9.07. The topological polar surface area (TPSA) is 66.8 Å². The minimum Gasteiger partial charge on any atom is -0.481 e. The lowest BCUT2D eigenvalue weighted by atomic mass is 9.79. The van der Waals surface area contributed by atoms with E-state index in [4.69, 9.17) is 9.84 Å². The average molecular weight is 289 g/mol. The Kier molecular flexibility index (Phi) is 3.35. The highest BCUT2D eigenvalue weighted by atomic mass is 16.6. The molecule has 21 heavy (non-hydrogen) atoms. The summed E-state index contributed by atoms with van der Waals surface area (Å²) < 4.78 is 5.63. The third-order valence-corrected chi connectivity index (χ3v) is 4.62. The van der Waals surface area contributed by atoms with Gasteiger partial charge in [0.25, 0.3) is 0 Å². The Morgan fingerprint density at radius 1 is 1.33 bits per heavy atom. The second-order valence-corrected chi connectivity index (χ2v) is 6.04. The molecule has 0 unspecified atom stereocenters. The van der Waals surface area contributed by atoms with Gasteiger partial charge in [0, 0.05) is 0 Å². The summed E-state index contributed by atoms with van der Waals surface area (Å²) in [4.78, 5) is 24.9. The lowest BCUT2D eigenvalue weighted by Gasteiger charge is -2.33. The predicted molar refractivity (Wildman–Crippen MR) is 77.3 cm³/mol. The monoisotopic (exact) mass is 289 g/mol. The van der Waals surface area contributed by atoms with E-state index in [-0.39, 0.29) is 12.0 Å². The molecule has 5 nitrogen and oxygen atoms in total. The van der Waals surface area contributed by atoms with Crippen LogP contribution >= 0.6 is 0 Å².